The molecule has 0 aromatic carbocycles. The zero-order chi connectivity index (χ0) is 15.8. The molecule has 0 spiro atoms. The summed E-state index contributed by atoms with van der Waals surface area (Å²) in [4.78, 5) is 22.6. The molecule has 2 amide bonds. The van der Waals surface area contributed by atoms with Crippen LogP contribution in [0.25, 0.3) is 0 Å². The van der Waals surface area contributed by atoms with Crippen LogP contribution in [0.3, 0.4) is 0 Å². The van der Waals surface area contributed by atoms with Gasteiger partial charge in [-0.15, -0.1) is 0 Å². The van der Waals surface area contributed by atoms with Crippen molar-refractivity contribution in [3.8, 4) is 0 Å². The van der Waals surface area contributed by atoms with Gasteiger partial charge in [-0.05, 0) is 45.3 Å². The third kappa shape index (κ3) is 7.07. The summed E-state index contributed by atoms with van der Waals surface area (Å²) in [5.74, 6) is -1.06. The van der Waals surface area contributed by atoms with E-state index >= 15 is 0 Å². The largest absolute Gasteiger partial charge is 0.481 e. The van der Waals surface area contributed by atoms with Crippen LogP contribution < -0.4 is 10.6 Å². The Morgan fingerprint density at radius 2 is 2.00 bits per heavy atom. The van der Waals surface area contributed by atoms with Crippen LogP contribution >= 0.6 is 11.8 Å². The second kappa shape index (κ2) is 9.18. The Morgan fingerprint density at radius 3 is 2.57 bits per heavy atom. The van der Waals surface area contributed by atoms with E-state index in [4.69, 9.17) is 5.11 Å². The predicted molar refractivity (Wildman–Crippen MR) is 86.7 cm³/mol. The summed E-state index contributed by atoms with van der Waals surface area (Å²) in [5, 5.41) is 15.5. The summed E-state index contributed by atoms with van der Waals surface area (Å²) in [6, 6.07) is 0.269. The molecule has 4 atom stereocenters. The van der Waals surface area contributed by atoms with Crippen molar-refractivity contribution in [3.63, 3.8) is 0 Å². The van der Waals surface area contributed by atoms with Gasteiger partial charge in [0, 0.05) is 17.3 Å². The molecule has 122 valence electrons. The molecule has 0 aromatic heterocycles. The average molecular weight is 316 g/mol. The first-order valence-corrected chi connectivity index (χ1v) is 9.03. The fraction of sp³-hybridized carbons (Fsp3) is 0.867. The van der Waals surface area contributed by atoms with E-state index in [1.807, 2.05) is 18.7 Å². The standard InChI is InChI=1S/C15H28N2O3S/c1-10(14(18)19)5-4-6-11(2)16-15(20)17-12-7-8-13(9-12)21-3/h10-13H,4-9H2,1-3H3,(H,18,19)(H2,16,17,20). The van der Waals surface area contributed by atoms with E-state index in [1.54, 1.807) is 6.92 Å². The van der Waals surface area contributed by atoms with Crippen LogP contribution in [0, 0.1) is 5.92 Å². The Hall–Kier alpha value is -0.910. The number of carboxylic acid groups (broad SMARTS) is 1. The van der Waals surface area contributed by atoms with Crippen molar-refractivity contribution < 1.29 is 14.7 Å². The molecule has 21 heavy (non-hydrogen) atoms. The molecule has 0 aliphatic heterocycles. The third-order valence-corrected chi connectivity index (χ3v) is 5.22. The number of hydrogen-bond donors (Lipinski definition) is 3. The van der Waals surface area contributed by atoms with Gasteiger partial charge in [-0.1, -0.05) is 13.3 Å². The van der Waals surface area contributed by atoms with Gasteiger partial charge in [-0.25, -0.2) is 4.79 Å². The maximum absolute atomic E-state index is 11.9. The first-order valence-electron chi connectivity index (χ1n) is 7.75. The maximum atomic E-state index is 11.9. The lowest BCUT2D eigenvalue weighted by Gasteiger charge is -2.18. The van der Waals surface area contributed by atoms with E-state index in [1.165, 1.54) is 6.42 Å². The zero-order valence-electron chi connectivity index (χ0n) is 13.2. The van der Waals surface area contributed by atoms with E-state index in [0.717, 1.165) is 25.7 Å². The highest BCUT2D eigenvalue weighted by Crippen LogP contribution is 2.28. The van der Waals surface area contributed by atoms with Crippen molar-refractivity contribution in [2.45, 2.75) is 69.7 Å². The average Bonchev–Trinajstić information content (AvgIpc) is 2.85. The lowest BCUT2D eigenvalue weighted by molar-refractivity contribution is -0.141. The van der Waals surface area contributed by atoms with Crippen LogP contribution in [-0.4, -0.2) is 40.7 Å². The summed E-state index contributed by atoms with van der Waals surface area (Å²) >= 11 is 1.87. The molecule has 6 heteroatoms. The summed E-state index contributed by atoms with van der Waals surface area (Å²) in [6.07, 6.45) is 7.68. The molecule has 0 aromatic rings. The Kier molecular flexibility index (Phi) is 7.93. The van der Waals surface area contributed by atoms with Crippen molar-refractivity contribution in [1.29, 1.82) is 0 Å². The molecule has 1 fully saturated rings. The van der Waals surface area contributed by atoms with Crippen molar-refractivity contribution in [1.82, 2.24) is 10.6 Å². The van der Waals surface area contributed by atoms with Crippen LogP contribution in [0.1, 0.15) is 52.4 Å². The number of thioether (sulfide) groups is 1. The Bertz CT molecular complexity index is 352. The summed E-state index contributed by atoms with van der Waals surface area (Å²) in [5.41, 5.74) is 0. The minimum Gasteiger partial charge on any atom is -0.481 e. The minimum absolute atomic E-state index is 0.0729. The molecular weight excluding hydrogens is 288 g/mol. The molecule has 0 bridgehead atoms. The van der Waals surface area contributed by atoms with Gasteiger partial charge in [0.15, 0.2) is 0 Å². The van der Waals surface area contributed by atoms with Gasteiger partial charge in [-0.3, -0.25) is 4.79 Å². The molecule has 3 N–H and O–H groups in total. The van der Waals surface area contributed by atoms with Gasteiger partial charge in [-0.2, -0.15) is 11.8 Å². The lowest BCUT2D eigenvalue weighted by Crippen LogP contribution is -2.44. The molecule has 1 rings (SSSR count). The number of aliphatic carboxylic acids is 1. The second-order valence-corrected chi connectivity index (χ2v) is 7.19. The van der Waals surface area contributed by atoms with Crippen molar-refractivity contribution in [2.75, 3.05) is 6.26 Å². The highest BCUT2D eigenvalue weighted by molar-refractivity contribution is 7.99. The van der Waals surface area contributed by atoms with Crippen LogP contribution in [0.4, 0.5) is 4.79 Å². The molecule has 1 aliphatic rings. The quantitative estimate of drug-likeness (QED) is 0.643. The molecule has 4 unspecified atom stereocenters. The number of hydrogen-bond acceptors (Lipinski definition) is 3. The van der Waals surface area contributed by atoms with Gasteiger partial charge < -0.3 is 15.7 Å². The smallest absolute Gasteiger partial charge is 0.315 e. The van der Waals surface area contributed by atoms with E-state index in [9.17, 15) is 9.59 Å². The van der Waals surface area contributed by atoms with E-state index in [0.29, 0.717) is 17.7 Å². The number of rotatable bonds is 8. The van der Waals surface area contributed by atoms with E-state index in [2.05, 4.69) is 16.9 Å². The van der Waals surface area contributed by atoms with Crippen LogP contribution in [0.5, 0.6) is 0 Å². The zero-order valence-corrected chi connectivity index (χ0v) is 14.0. The predicted octanol–water partition coefficient (Wildman–Crippen LogP) is 2.85. The molecule has 0 heterocycles. The van der Waals surface area contributed by atoms with Gasteiger partial charge in [0.1, 0.15) is 0 Å². The normalized spacial score (nSPS) is 24.3. The molecule has 1 saturated carbocycles. The number of urea groups is 1. The fourth-order valence-corrected chi connectivity index (χ4v) is 3.46. The second-order valence-electron chi connectivity index (χ2n) is 6.06. The number of amides is 2. The SMILES string of the molecule is CSC1CCC(NC(=O)NC(C)CCCC(C)C(=O)O)C1. The Labute approximate surface area is 131 Å². The summed E-state index contributed by atoms with van der Waals surface area (Å²) in [7, 11) is 0. The first-order chi connectivity index (χ1) is 9.92. The minimum atomic E-state index is -0.752. The number of carbonyl (C=O) groups excluding carboxylic acids is 1. The van der Waals surface area contributed by atoms with E-state index < -0.39 is 5.97 Å². The Balaban J connectivity index is 2.14. The lowest BCUT2D eigenvalue weighted by atomic mass is 10.0. The number of carboxylic acids is 1. The highest BCUT2D eigenvalue weighted by Gasteiger charge is 2.25. The molecule has 0 saturated heterocycles. The topological polar surface area (TPSA) is 78.4 Å². The van der Waals surface area contributed by atoms with Crippen molar-refractivity contribution >= 4 is 23.8 Å². The number of carbonyl (C=O) groups is 2. The number of nitrogens with one attached hydrogen (secondary N) is 2. The third-order valence-electron chi connectivity index (χ3n) is 4.13. The van der Waals surface area contributed by atoms with Gasteiger partial charge in [0.25, 0.3) is 0 Å². The fourth-order valence-electron chi connectivity index (χ4n) is 2.66. The van der Waals surface area contributed by atoms with E-state index in [-0.39, 0.29) is 18.0 Å². The van der Waals surface area contributed by atoms with Crippen LogP contribution in [0.15, 0.2) is 0 Å². The van der Waals surface area contributed by atoms with Gasteiger partial charge >= 0.3 is 12.0 Å². The maximum Gasteiger partial charge on any atom is 0.315 e. The summed E-state index contributed by atoms with van der Waals surface area (Å²) in [6.45, 7) is 3.68. The molecule has 5 nitrogen and oxygen atoms in total. The highest BCUT2D eigenvalue weighted by atomic mass is 32.2. The molecule has 0 radical (unpaired) electrons. The monoisotopic (exact) mass is 316 g/mol. The molecular formula is C15H28N2O3S. The molecule has 1 aliphatic carbocycles. The van der Waals surface area contributed by atoms with Crippen LogP contribution in [-0.2, 0) is 4.79 Å². The van der Waals surface area contributed by atoms with Crippen molar-refractivity contribution in [3.05, 3.63) is 0 Å². The van der Waals surface area contributed by atoms with Gasteiger partial charge in [0.2, 0.25) is 0 Å². The Morgan fingerprint density at radius 1 is 1.29 bits per heavy atom. The van der Waals surface area contributed by atoms with Gasteiger partial charge in [0.05, 0.1) is 5.92 Å². The summed E-state index contributed by atoms with van der Waals surface area (Å²) < 4.78 is 0. The van der Waals surface area contributed by atoms with Crippen molar-refractivity contribution in [2.24, 2.45) is 5.92 Å². The first kappa shape index (κ1) is 18.1. The van der Waals surface area contributed by atoms with Crippen LogP contribution in [0.2, 0.25) is 0 Å².